The molecular weight excluding hydrogens is 338 g/mol. The van der Waals surface area contributed by atoms with Crippen molar-refractivity contribution in [2.24, 2.45) is 0 Å². The Morgan fingerprint density at radius 3 is 2.40 bits per heavy atom. The molecule has 3 rings (SSSR count). The van der Waals surface area contributed by atoms with Gasteiger partial charge in [-0.25, -0.2) is 0 Å². The van der Waals surface area contributed by atoms with E-state index < -0.39 is 0 Å². The van der Waals surface area contributed by atoms with Gasteiger partial charge in [-0.05, 0) is 43.3 Å². The van der Waals surface area contributed by atoms with Crippen molar-refractivity contribution >= 4 is 40.6 Å². The summed E-state index contributed by atoms with van der Waals surface area (Å²) in [6.45, 7) is 3.26. The summed E-state index contributed by atoms with van der Waals surface area (Å²) >= 11 is 1.34. The number of anilines is 2. The molecule has 3 aromatic rings. The molecule has 1 aromatic carbocycles. The van der Waals surface area contributed by atoms with Gasteiger partial charge in [0.15, 0.2) is 10.8 Å². The first-order chi connectivity index (χ1) is 12.0. The molecule has 2 N–H and O–H groups in total. The molecule has 0 aliphatic heterocycles. The number of nitrogens with one attached hydrogen (secondary N) is 2. The predicted octanol–water partition coefficient (Wildman–Crippen LogP) is 2.81. The molecule has 0 aliphatic carbocycles. The van der Waals surface area contributed by atoms with Crippen molar-refractivity contribution in [1.29, 1.82) is 0 Å². The average molecular weight is 355 g/mol. The number of carbonyl (C=O) groups is 2. The molecule has 7 nitrogen and oxygen atoms in total. The van der Waals surface area contributed by atoms with Gasteiger partial charge in [0.1, 0.15) is 0 Å². The maximum Gasteiger partial charge on any atom is 0.237 e. The highest BCUT2D eigenvalue weighted by Crippen LogP contribution is 2.23. The number of benzene rings is 1. The first kappa shape index (κ1) is 17.0. The number of pyridine rings is 1. The van der Waals surface area contributed by atoms with Gasteiger partial charge >= 0.3 is 0 Å². The number of amides is 2. The van der Waals surface area contributed by atoms with E-state index in [1.165, 1.54) is 18.7 Å². The van der Waals surface area contributed by atoms with Gasteiger partial charge in [-0.3, -0.25) is 14.0 Å². The zero-order valence-electron chi connectivity index (χ0n) is 13.8. The van der Waals surface area contributed by atoms with Crippen LogP contribution < -0.4 is 10.6 Å². The van der Waals surface area contributed by atoms with E-state index >= 15 is 0 Å². The summed E-state index contributed by atoms with van der Waals surface area (Å²) in [6.07, 6.45) is 1.86. The van der Waals surface area contributed by atoms with Crippen molar-refractivity contribution in [2.75, 3.05) is 10.6 Å². The van der Waals surface area contributed by atoms with Gasteiger partial charge in [-0.15, -0.1) is 10.2 Å². The number of aromatic nitrogens is 3. The SMILES string of the molecule is CC(=O)Nc1ccc(NC(=O)C(C)Sc2nnc3ccccn23)cc1. The third-order valence-corrected chi connectivity index (χ3v) is 4.46. The lowest BCUT2D eigenvalue weighted by molar-refractivity contribution is -0.115. The van der Waals surface area contributed by atoms with E-state index in [1.54, 1.807) is 24.3 Å². The van der Waals surface area contributed by atoms with E-state index in [-0.39, 0.29) is 17.1 Å². The molecule has 0 saturated heterocycles. The van der Waals surface area contributed by atoms with Crippen LogP contribution in [-0.4, -0.2) is 31.7 Å². The van der Waals surface area contributed by atoms with Crippen LogP contribution in [0.1, 0.15) is 13.8 Å². The Morgan fingerprint density at radius 2 is 1.72 bits per heavy atom. The molecule has 1 atom stereocenters. The number of fused-ring (bicyclic) bond motifs is 1. The largest absolute Gasteiger partial charge is 0.326 e. The standard InChI is InChI=1S/C17H17N5O2S/c1-11(25-17-21-20-15-5-3-4-10-22(15)17)16(24)19-14-8-6-13(7-9-14)18-12(2)23/h3-11H,1-2H3,(H,18,23)(H,19,24). The van der Waals surface area contributed by atoms with Crippen molar-refractivity contribution in [3.8, 4) is 0 Å². The van der Waals surface area contributed by atoms with Crippen LogP contribution in [0.25, 0.3) is 5.65 Å². The quantitative estimate of drug-likeness (QED) is 0.687. The number of nitrogens with zero attached hydrogens (tertiary/aromatic N) is 3. The summed E-state index contributed by atoms with van der Waals surface area (Å²) in [7, 11) is 0. The van der Waals surface area contributed by atoms with Crippen LogP contribution in [0.4, 0.5) is 11.4 Å². The Bertz CT molecular complexity index is 907. The minimum atomic E-state index is -0.345. The molecule has 8 heteroatoms. The molecular formula is C17H17N5O2S. The van der Waals surface area contributed by atoms with E-state index in [9.17, 15) is 9.59 Å². The highest BCUT2D eigenvalue weighted by Gasteiger charge is 2.18. The monoisotopic (exact) mass is 355 g/mol. The third kappa shape index (κ3) is 4.16. The fourth-order valence-corrected chi connectivity index (χ4v) is 3.03. The fourth-order valence-electron chi connectivity index (χ4n) is 2.20. The molecule has 25 heavy (non-hydrogen) atoms. The summed E-state index contributed by atoms with van der Waals surface area (Å²) in [6, 6.07) is 12.6. The van der Waals surface area contributed by atoms with Gasteiger partial charge < -0.3 is 10.6 Å². The number of carbonyl (C=O) groups excluding carboxylic acids is 2. The maximum absolute atomic E-state index is 12.4. The molecule has 2 amide bonds. The van der Waals surface area contributed by atoms with Gasteiger partial charge in [0.2, 0.25) is 11.8 Å². The summed E-state index contributed by atoms with van der Waals surface area (Å²) in [4.78, 5) is 23.4. The maximum atomic E-state index is 12.4. The molecule has 0 spiro atoms. The molecule has 2 aromatic heterocycles. The Kier molecular flexibility index (Phi) is 4.99. The van der Waals surface area contributed by atoms with Gasteiger partial charge in [-0.1, -0.05) is 17.8 Å². The third-order valence-electron chi connectivity index (χ3n) is 3.41. The fraction of sp³-hybridized carbons (Fsp3) is 0.176. The van der Waals surface area contributed by atoms with Crippen molar-refractivity contribution in [2.45, 2.75) is 24.3 Å². The van der Waals surface area contributed by atoms with E-state index in [0.29, 0.717) is 16.5 Å². The molecule has 0 radical (unpaired) electrons. The van der Waals surface area contributed by atoms with Gasteiger partial charge in [0, 0.05) is 24.5 Å². The Balaban J connectivity index is 1.63. The van der Waals surface area contributed by atoms with Crippen molar-refractivity contribution in [3.05, 3.63) is 48.7 Å². The van der Waals surface area contributed by atoms with Crippen LogP contribution in [0.5, 0.6) is 0 Å². The normalized spacial score (nSPS) is 11.9. The molecule has 0 aliphatic rings. The summed E-state index contributed by atoms with van der Waals surface area (Å²) in [5.41, 5.74) is 2.09. The molecule has 1 unspecified atom stereocenters. The second kappa shape index (κ2) is 7.35. The number of rotatable bonds is 5. The molecule has 2 heterocycles. The van der Waals surface area contributed by atoms with Gasteiger partial charge in [0.05, 0.1) is 5.25 Å². The highest BCUT2D eigenvalue weighted by atomic mass is 32.2. The van der Waals surface area contributed by atoms with Crippen LogP contribution in [0.3, 0.4) is 0 Å². The van der Waals surface area contributed by atoms with E-state index in [2.05, 4.69) is 20.8 Å². The van der Waals surface area contributed by atoms with E-state index in [0.717, 1.165) is 5.65 Å². The predicted molar refractivity (Wildman–Crippen MR) is 97.7 cm³/mol. The number of thioether (sulfide) groups is 1. The molecule has 0 saturated carbocycles. The second-order valence-corrected chi connectivity index (χ2v) is 6.73. The Morgan fingerprint density at radius 1 is 1.04 bits per heavy atom. The molecule has 128 valence electrons. The number of hydrogen-bond donors (Lipinski definition) is 2. The van der Waals surface area contributed by atoms with Gasteiger partial charge in [0.25, 0.3) is 0 Å². The summed E-state index contributed by atoms with van der Waals surface area (Å²) in [5, 5.41) is 14.0. The first-order valence-corrected chi connectivity index (χ1v) is 8.56. The lowest BCUT2D eigenvalue weighted by Crippen LogP contribution is -2.22. The minimum absolute atomic E-state index is 0.134. The van der Waals surface area contributed by atoms with Crippen LogP contribution >= 0.6 is 11.8 Å². The Hall–Kier alpha value is -2.87. The van der Waals surface area contributed by atoms with Crippen molar-refractivity contribution in [3.63, 3.8) is 0 Å². The topological polar surface area (TPSA) is 88.4 Å². The minimum Gasteiger partial charge on any atom is -0.326 e. The molecule has 0 bridgehead atoms. The van der Waals surface area contributed by atoms with Crippen LogP contribution in [0, 0.1) is 0 Å². The van der Waals surface area contributed by atoms with Crippen LogP contribution in [0.2, 0.25) is 0 Å². The second-order valence-electron chi connectivity index (χ2n) is 5.42. The zero-order valence-corrected chi connectivity index (χ0v) is 14.6. The van der Waals surface area contributed by atoms with E-state index in [1.807, 2.05) is 35.7 Å². The smallest absolute Gasteiger partial charge is 0.237 e. The summed E-state index contributed by atoms with van der Waals surface area (Å²) in [5.74, 6) is -0.271. The van der Waals surface area contributed by atoms with E-state index in [4.69, 9.17) is 0 Å². The lowest BCUT2D eigenvalue weighted by atomic mass is 10.2. The average Bonchev–Trinajstić information content (AvgIpc) is 2.99. The van der Waals surface area contributed by atoms with Crippen LogP contribution in [0.15, 0.2) is 53.8 Å². The number of hydrogen-bond acceptors (Lipinski definition) is 5. The lowest BCUT2D eigenvalue weighted by Gasteiger charge is -2.11. The van der Waals surface area contributed by atoms with Crippen molar-refractivity contribution < 1.29 is 9.59 Å². The highest BCUT2D eigenvalue weighted by molar-refractivity contribution is 8.00. The van der Waals surface area contributed by atoms with Gasteiger partial charge in [-0.2, -0.15) is 0 Å². The zero-order chi connectivity index (χ0) is 17.8. The first-order valence-electron chi connectivity index (χ1n) is 7.68. The van der Waals surface area contributed by atoms with Crippen LogP contribution in [-0.2, 0) is 9.59 Å². The molecule has 0 fully saturated rings. The summed E-state index contributed by atoms with van der Waals surface area (Å²) < 4.78 is 1.84. The Labute approximate surface area is 148 Å². The van der Waals surface area contributed by atoms with Crippen molar-refractivity contribution in [1.82, 2.24) is 14.6 Å².